The van der Waals surface area contributed by atoms with Crippen LogP contribution in [0.15, 0.2) is 36.4 Å². The molecule has 2 nitrogen and oxygen atoms in total. The Labute approximate surface area is 145 Å². The van der Waals surface area contributed by atoms with Crippen LogP contribution in [-0.2, 0) is 17.6 Å². The van der Waals surface area contributed by atoms with Gasteiger partial charge >= 0.3 is 5.97 Å². The number of carbonyl (C=O) groups excluding carboxylic acids is 1. The first-order chi connectivity index (χ1) is 11.5. The van der Waals surface area contributed by atoms with E-state index in [1.54, 1.807) is 0 Å². The highest BCUT2D eigenvalue weighted by Gasteiger charge is 2.05. The summed E-state index contributed by atoms with van der Waals surface area (Å²) in [5, 5.41) is 0. The van der Waals surface area contributed by atoms with Crippen LogP contribution >= 0.6 is 0 Å². The van der Waals surface area contributed by atoms with Crippen molar-refractivity contribution in [1.29, 1.82) is 0 Å². The lowest BCUT2D eigenvalue weighted by atomic mass is 9.95. The minimum Gasteiger partial charge on any atom is -0.465 e. The van der Waals surface area contributed by atoms with Gasteiger partial charge in [0, 0.05) is 0 Å². The summed E-state index contributed by atoms with van der Waals surface area (Å²) < 4.78 is 4.72. The van der Waals surface area contributed by atoms with Gasteiger partial charge < -0.3 is 4.74 Å². The Morgan fingerprint density at radius 3 is 2.04 bits per heavy atom. The van der Waals surface area contributed by atoms with Gasteiger partial charge in [-0.15, -0.1) is 0 Å². The molecule has 0 aliphatic carbocycles. The summed E-state index contributed by atoms with van der Waals surface area (Å²) >= 11 is 0. The average Bonchev–Trinajstić information content (AvgIpc) is 2.56. The maximum Gasteiger partial charge on any atom is 0.337 e. The average molecular weight is 324 g/mol. The zero-order valence-electron chi connectivity index (χ0n) is 15.3. The molecule has 0 saturated carbocycles. The molecule has 0 saturated heterocycles. The summed E-state index contributed by atoms with van der Waals surface area (Å²) in [6.45, 7) is 6.60. The third-order valence-corrected chi connectivity index (χ3v) is 4.61. The maximum absolute atomic E-state index is 11.4. The SMILES string of the molecule is COC(=O)c1ccc(CCCCCc2c(C)cc(C)cc2C)cc1. The second kappa shape index (κ2) is 8.68. The van der Waals surface area contributed by atoms with Crippen LogP contribution in [0, 0.1) is 20.8 Å². The van der Waals surface area contributed by atoms with Gasteiger partial charge in [-0.25, -0.2) is 4.79 Å². The van der Waals surface area contributed by atoms with Crippen LogP contribution in [-0.4, -0.2) is 13.1 Å². The molecule has 0 spiro atoms. The Bertz CT molecular complexity index is 661. The van der Waals surface area contributed by atoms with Crippen molar-refractivity contribution in [3.63, 3.8) is 0 Å². The Hall–Kier alpha value is -2.09. The second-order valence-electron chi connectivity index (χ2n) is 6.63. The second-order valence-corrected chi connectivity index (χ2v) is 6.63. The first-order valence-corrected chi connectivity index (χ1v) is 8.75. The first kappa shape index (κ1) is 18.3. The van der Waals surface area contributed by atoms with Crippen LogP contribution in [0.2, 0.25) is 0 Å². The monoisotopic (exact) mass is 324 g/mol. The number of carbonyl (C=O) groups is 1. The largest absolute Gasteiger partial charge is 0.465 e. The molecule has 2 rings (SSSR count). The molecule has 2 heteroatoms. The van der Waals surface area contributed by atoms with E-state index < -0.39 is 0 Å². The Morgan fingerprint density at radius 1 is 0.875 bits per heavy atom. The number of hydrogen-bond acceptors (Lipinski definition) is 2. The fraction of sp³-hybridized carbons (Fsp3) is 0.409. The van der Waals surface area contributed by atoms with Gasteiger partial charge in [-0.2, -0.15) is 0 Å². The van der Waals surface area contributed by atoms with E-state index in [-0.39, 0.29) is 5.97 Å². The molecule has 0 amide bonds. The molecule has 0 aliphatic heterocycles. The standard InChI is InChI=1S/C22H28O2/c1-16-14-17(2)21(18(3)15-16)9-7-5-6-8-19-10-12-20(13-11-19)22(23)24-4/h10-15H,5-9H2,1-4H3. The summed E-state index contributed by atoms with van der Waals surface area (Å²) in [5.41, 5.74) is 7.61. The smallest absolute Gasteiger partial charge is 0.337 e. The highest BCUT2D eigenvalue weighted by atomic mass is 16.5. The van der Waals surface area contributed by atoms with Gasteiger partial charge in [0.25, 0.3) is 0 Å². The Morgan fingerprint density at radius 2 is 1.46 bits per heavy atom. The predicted octanol–water partition coefficient (Wildman–Crippen LogP) is 5.35. The topological polar surface area (TPSA) is 26.3 Å². The highest BCUT2D eigenvalue weighted by Crippen LogP contribution is 2.19. The molecule has 0 heterocycles. The molecule has 0 aromatic heterocycles. The maximum atomic E-state index is 11.4. The van der Waals surface area contributed by atoms with Crippen molar-refractivity contribution >= 4 is 5.97 Å². The van der Waals surface area contributed by atoms with E-state index in [0.29, 0.717) is 5.56 Å². The zero-order chi connectivity index (χ0) is 17.5. The van der Waals surface area contributed by atoms with E-state index in [9.17, 15) is 4.79 Å². The molecule has 0 atom stereocenters. The fourth-order valence-corrected chi connectivity index (χ4v) is 3.34. The molecule has 0 bridgehead atoms. The zero-order valence-corrected chi connectivity index (χ0v) is 15.3. The molecule has 24 heavy (non-hydrogen) atoms. The van der Waals surface area contributed by atoms with E-state index in [0.717, 1.165) is 6.42 Å². The minimum atomic E-state index is -0.273. The van der Waals surface area contributed by atoms with Crippen molar-refractivity contribution in [3.05, 3.63) is 69.8 Å². The van der Waals surface area contributed by atoms with Gasteiger partial charge in [0.15, 0.2) is 0 Å². The third kappa shape index (κ3) is 4.95. The molecule has 2 aromatic carbocycles. The Kier molecular flexibility index (Phi) is 6.60. The molecule has 0 unspecified atom stereocenters. The van der Waals surface area contributed by atoms with Crippen molar-refractivity contribution in [2.45, 2.75) is 52.9 Å². The van der Waals surface area contributed by atoms with Crippen LogP contribution in [0.25, 0.3) is 0 Å². The van der Waals surface area contributed by atoms with E-state index in [1.807, 2.05) is 24.3 Å². The van der Waals surface area contributed by atoms with Crippen LogP contribution in [0.1, 0.15) is 57.4 Å². The van der Waals surface area contributed by atoms with Crippen LogP contribution in [0.5, 0.6) is 0 Å². The van der Waals surface area contributed by atoms with Gasteiger partial charge in [0.1, 0.15) is 0 Å². The van der Waals surface area contributed by atoms with Crippen LogP contribution < -0.4 is 0 Å². The molecule has 0 N–H and O–H groups in total. The Balaban J connectivity index is 1.76. The molecular weight excluding hydrogens is 296 g/mol. The van der Waals surface area contributed by atoms with Crippen LogP contribution in [0.4, 0.5) is 0 Å². The lowest BCUT2D eigenvalue weighted by Gasteiger charge is -2.11. The van der Waals surface area contributed by atoms with E-state index in [4.69, 9.17) is 4.74 Å². The number of esters is 1. The van der Waals surface area contributed by atoms with Crippen LogP contribution in [0.3, 0.4) is 0 Å². The molecule has 0 aliphatic rings. The van der Waals surface area contributed by atoms with Crippen molar-refractivity contribution in [3.8, 4) is 0 Å². The van der Waals surface area contributed by atoms with Gasteiger partial charge in [-0.1, -0.05) is 36.2 Å². The molecule has 0 fully saturated rings. The number of aryl methyl sites for hydroxylation is 4. The summed E-state index contributed by atoms with van der Waals surface area (Å²) in [5.74, 6) is -0.273. The lowest BCUT2D eigenvalue weighted by molar-refractivity contribution is 0.0600. The van der Waals surface area contributed by atoms with Crippen molar-refractivity contribution < 1.29 is 9.53 Å². The summed E-state index contributed by atoms with van der Waals surface area (Å²) in [6, 6.07) is 12.3. The van der Waals surface area contributed by atoms with Crippen molar-refractivity contribution in [2.24, 2.45) is 0 Å². The van der Waals surface area contributed by atoms with Gasteiger partial charge in [-0.05, 0) is 80.8 Å². The number of unbranched alkanes of at least 4 members (excludes halogenated alkanes) is 2. The summed E-state index contributed by atoms with van der Waals surface area (Å²) in [6.07, 6.45) is 5.87. The molecule has 2 aromatic rings. The minimum absolute atomic E-state index is 0.273. The number of hydrogen-bond donors (Lipinski definition) is 0. The van der Waals surface area contributed by atoms with Gasteiger partial charge in [0.2, 0.25) is 0 Å². The van der Waals surface area contributed by atoms with E-state index in [1.165, 1.54) is 60.6 Å². The molecule has 128 valence electrons. The van der Waals surface area contributed by atoms with Crippen molar-refractivity contribution in [1.82, 2.24) is 0 Å². The summed E-state index contributed by atoms with van der Waals surface area (Å²) in [4.78, 5) is 11.4. The fourth-order valence-electron chi connectivity index (χ4n) is 3.34. The quantitative estimate of drug-likeness (QED) is 0.506. The first-order valence-electron chi connectivity index (χ1n) is 8.75. The number of ether oxygens (including phenoxy) is 1. The number of rotatable bonds is 7. The normalized spacial score (nSPS) is 10.7. The summed E-state index contributed by atoms with van der Waals surface area (Å²) in [7, 11) is 1.41. The lowest BCUT2D eigenvalue weighted by Crippen LogP contribution is -2.00. The van der Waals surface area contributed by atoms with E-state index >= 15 is 0 Å². The van der Waals surface area contributed by atoms with Crippen molar-refractivity contribution in [2.75, 3.05) is 7.11 Å². The van der Waals surface area contributed by atoms with Gasteiger partial charge in [0.05, 0.1) is 12.7 Å². The predicted molar refractivity (Wildman–Crippen MR) is 99.7 cm³/mol. The molecular formula is C22H28O2. The number of benzene rings is 2. The highest BCUT2D eigenvalue weighted by molar-refractivity contribution is 5.89. The molecule has 0 radical (unpaired) electrons. The van der Waals surface area contributed by atoms with Gasteiger partial charge in [-0.3, -0.25) is 0 Å². The number of methoxy groups -OCH3 is 1. The van der Waals surface area contributed by atoms with E-state index in [2.05, 4.69) is 32.9 Å². The third-order valence-electron chi connectivity index (χ3n) is 4.61.